The number of benzene rings is 1. The van der Waals surface area contributed by atoms with Crippen LogP contribution in [0.2, 0.25) is 0 Å². The molecule has 0 bridgehead atoms. The molecule has 0 spiro atoms. The highest BCUT2D eigenvalue weighted by molar-refractivity contribution is 6.07. The molecule has 25 nitrogen and oxygen atoms in total. The number of nitriles is 1. The van der Waals surface area contributed by atoms with Crippen LogP contribution in [-0.2, 0) is 43.0 Å². The van der Waals surface area contributed by atoms with Crippen LogP contribution >= 0.6 is 0 Å². The number of nitrogens with zero attached hydrogens (tertiary/aromatic N) is 7. The number of hydrogen-bond acceptors (Lipinski definition) is 17. The summed E-state index contributed by atoms with van der Waals surface area (Å²) < 4.78 is 43.9. The maximum atomic E-state index is 13.9. The first-order valence-electron chi connectivity index (χ1n) is 23.7. The number of carboxylic acids is 3. The monoisotopic (exact) mass is 1030 g/mol. The lowest BCUT2D eigenvalue weighted by molar-refractivity contribution is -0.140. The van der Waals surface area contributed by atoms with Gasteiger partial charge in [0, 0.05) is 90.6 Å². The van der Waals surface area contributed by atoms with Gasteiger partial charge in [0.15, 0.2) is 6.61 Å². The van der Waals surface area contributed by atoms with E-state index in [-0.39, 0.29) is 127 Å². The van der Waals surface area contributed by atoms with E-state index in [0.29, 0.717) is 31.6 Å². The number of unbranched alkanes of at least 4 members (excludes halogenated alkanes) is 1. The zero-order valence-corrected chi connectivity index (χ0v) is 40.7. The lowest BCUT2D eigenvalue weighted by Gasteiger charge is -2.32. The molecule has 1 aromatic heterocycles. The Kier molecular flexibility index (Phi) is 24.5. The average molecular weight is 1030 g/mol. The largest absolute Gasteiger partial charge is 0.484 e. The van der Waals surface area contributed by atoms with Gasteiger partial charge in [0.25, 0.3) is 17.7 Å². The molecular weight excluding hydrogens is 969 g/mol. The molecule has 2 fully saturated rings. The van der Waals surface area contributed by atoms with Crippen molar-refractivity contribution in [2.45, 2.75) is 43.7 Å². The average Bonchev–Trinajstić information content (AvgIpc) is 3.67. The lowest BCUT2D eigenvalue weighted by atomic mass is 10.1. The third-order valence-electron chi connectivity index (χ3n) is 11.7. The molecule has 7 N–H and O–H groups in total. The maximum Gasteiger partial charge on any atom is 0.317 e. The highest BCUT2D eigenvalue weighted by Gasteiger charge is 2.47. The van der Waals surface area contributed by atoms with Crippen LogP contribution in [-0.4, -0.2) is 249 Å². The number of ether oxygens (including phenoxy) is 3. The Morgan fingerprint density at radius 2 is 1.38 bits per heavy atom. The minimum absolute atomic E-state index is 0.0618. The summed E-state index contributed by atoms with van der Waals surface area (Å²) in [4.78, 5) is 112. The first kappa shape index (κ1) is 58.9. The van der Waals surface area contributed by atoms with Crippen molar-refractivity contribution in [2.24, 2.45) is 0 Å². The van der Waals surface area contributed by atoms with Crippen molar-refractivity contribution < 1.29 is 76.7 Å². The van der Waals surface area contributed by atoms with E-state index in [1.807, 2.05) is 0 Å². The van der Waals surface area contributed by atoms with Crippen LogP contribution < -0.4 is 26.0 Å². The van der Waals surface area contributed by atoms with Crippen molar-refractivity contribution in [3.05, 3.63) is 36.0 Å². The standard InChI is InChI=1S/C46H65F2N11O14/c1-71-20-21-72-19-10-52-45(70)37(4-2-3-8-51-38(60)26-55-11-13-56(27-41(63)64)15-17-58(29-43(67)68)18-16-57(14-12-55)28-42(65)66)54-39(61)30-73-33-5-6-36-35(22-33)34(7-9-50-36)44(69)53-25-40(62)59-31-46(47,48)23-32(59)24-49/h5-7,9,22,32,37H,2-4,8,10-21,23,25-31H2,1H3,(H,51,60)(H,52,70)(H,53,69)(H,54,61)(H,63,64)(H,65,66)(H,67,68)/t32-,37?/m0/s1. The van der Waals surface area contributed by atoms with Crippen molar-refractivity contribution in [1.82, 2.24) is 50.8 Å². The van der Waals surface area contributed by atoms with Crippen LogP contribution in [0.3, 0.4) is 0 Å². The molecule has 402 valence electrons. The van der Waals surface area contributed by atoms with Crippen LogP contribution in [0.1, 0.15) is 36.0 Å². The quantitative estimate of drug-likeness (QED) is 0.0482. The van der Waals surface area contributed by atoms with Gasteiger partial charge >= 0.3 is 17.9 Å². The first-order valence-corrected chi connectivity index (χ1v) is 23.7. The molecule has 4 rings (SSSR count). The van der Waals surface area contributed by atoms with Crippen LogP contribution in [0.4, 0.5) is 8.78 Å². The number of methoxy groups -OCH3 is 1. The summed E-state index contributed by atoms with van der Waals surface area (Å²) in [5.41, 5.74) is 0.418. The molecule has 2 aliphatic heterocycles. The first-order chi connectivity index (χ1) is 34.9. The summed E-state index contributed by atoms with van der Waals surface area (Å²) in [6, 6.07) is 5.19. The summed E-state index contributed by atoms with van der Waals surface area (Å²) in [5.74, 6) is -9.39. The van der Waals surface area contributed by atoms with Gasteiger partial charge in [0.2, 0.25) is 17.7 Å². The van der Waals surface area contributed by atoms with E-state index in [1.54, 1.807) is 25.7 Å². The summed E-state index contributed by atoms with van der Waals surface area (Å²) in [5, 5.41) is 48.6. The summed E-state index contributed by atoms with van der Waals surface area (Å²) in [6.45, 7) is -0.0271. The number of aliphatic carboxylic acids is 3. The number of rotatable bonds is 27. The van der Waals surface area contributed by atoms with Gasteiger partial charge in [-0.2, -0.15) is 5.26 Å². The van der Waals surface area contributed by atoms with E-state index in [2.05, 4.69) is 26.3 Å². The molecule has 27 heteroatoms. The minimum Gasteiger partial charge on any atom is -0.484 e. The Bertz CT molecular complexity index is 2220. The molecule has 0 saturated carbocycles. The zero-order chi connectivity index (χ0) is 53.3. The smallest absolute Gasteiger partial charge is 0.317 e. The van der Waals surface area contributed by atoms with Gasteiger partial charge in [-0.15, -0.1) is 0 Å². The van der Waals surface area contributed by atoms with E-state index in [9.17, 15) is 67.7 Å². The molecule has 2 aromatic rings. The van der Waals surface area contributed by atoms with Crippen LogP contribution in [0.25, 0.3) is 10.9 Å². The highest BCUT2D eigenvalue weighted by Crippen LogP contribution is 2.31. The predicted octanol–water partition coefficient (Wildman–Crippen LogP) is -1.87. The van der Waals surface area contributed by atoms with Gasteiger partial charge in [0.05, 0.1) is 76.2 Å². The molecule has 3 heterocycles. The molecule has 73 heavy (non-hydrogen) atoms. The summed E-state index contributed by atoms with van der Waals surface area (Å²) in [7, 11) is 1.52. The van der Waals surface area contributed by atoms with Gasteiger partial charge in [-0.25, -0.2) is 8.78 Å². The molecular formula is C46H65F2N11O14. The number of halogens is 2. The van der Waals surface area contributed by atoms with Crippen LogP contribution in [0.15, 0.2) is 30.5 Å². The number of alkyl halides is 2. The number of hydrogen-bond donors (Lipinski definition) is 7. The maximum absolute atomic E-state index is 13.9. The molecule has 5 amide bonds. The van der Waals surface area contributed by atoms with E-state index in [4.69, 9.17) is 14.2 Å². The van der Waals surface area contributed by atoms with E-state index >= 15 is 0 Å². The summed E-state index contributed by atoms with van der Waals surface area (Å²) >= 11 is 0. The minimum atomic E-state index is -3.23. The van der Waals surface area contributed by atoms with Crippen molar-refractivity contribution in [2.75, 3.05) is 138 Å². The number of carboxylic acid groups (broad SMARTS) is 3. The molecule has 0 aliphatic carbocycles. The second-order valence-electron chi connectivity index (χ2n) is 17.4. The Hall–Kier alpha value is -6.70. The van der Waals surface area contributed by atoms with E-state index < -0.39 is 85.7 Å². The van der Waals surface area contributed by atoms with Gasteiger partial charge in [-0.05, 0) is 43.5 Å². The number of nitrogens with one attached hydrogen (secondary N) is 4. The Morgan fingerprint density at radius 3 is 1.96 bits per heavy atom. The van der Waals surface area contributed by atoms with Gasteiger partial charge < -0.3 is 55.7 Å². The fraction of sp³-hybridized carbons (Fsp3) is 0.609. The molecule has 2 saturated heterocycles. The lowest BCUT2D eigenvalue weighted by Crippen LogP contribution is -2.50. The number of carbonyl (C=O) groups is 8. The van der Waals surface area contributed by atoms with E-state index in [1.165, 1.54) is 37.6 Å². The number of amides is 5. The molecule has 1 aromatic carbocycles. The molecule has 1 unspecified atom stereocenters. The zero-order valence-electron chi connectivity index (χ0n) is 40.7. The van der Waals surface area contributed by atoms with Gasteiger partial charge in [-0.1, -0.05) is 0 Å². The molecule has 2 atom stereocenters. The van der Waals surface area contributed by atoms with E-state index in [0.717, 1.165) is 4.90 Å². The fourth-order valence-electron chi connectivity index (χ4n) is 7.97. The second-order valence-corrected chi connectivity index (χ2v) is 17.4. The number of fused-ring (bicyclic) bond motifs is 1. The van der Waals surface area contributed by atoms with Gasteiger partial charge in [-0.3, -0.25) is 62.9 Å². The Morgan fingerprint density at radius 1 is 0.781 bits per heavy atom. The Labute approximate surface area is 420 Å². The number of likely N-dealkylation sites (tertiary alicyclic amines) is 1. The normalized spacial score (nSPS) is 17.6. The molecule has 2 aliphatic rings. The fourth-order valence-corrected chi connectivity index (χ4v) is 7.97. The molecule has 0 radical (unpaired) electrons. The van der Waals surface area contributed by atoms with Crippen molar-refractivity contribution >= 4 is 58.3 Å². The van der Waals surface area contributed by atoms with Gasteiger partial charge in [0.1, 0.15) is 17.8 Å². The third-order valence-corrected chi connectivity index (χ3v) is 11.7. The number of pyridine rings is 1. The topological polar surface area (TPSA) is 326 Å². The second kappa shape index (κ2) is 30.4. The predicted molar refractivity (Wildman–Crippen MR) is 253 cm³/mol. The highest BCUT2D eigenvalue weighted by atomic mass is 19.3. The Balaban J connectivity index is 1.32. The number of aromatic nitrogens is 1. The summed E-state index contributed by atoms with van der Waals surface area (Å²) in [6.07, 6.45) is 1.49. The van der Waals surface area contributed by atoms with Crippen molar-refractivity contribution in [3.8, 4) is 11.8 Å². The van der Waals surface area contributed by atoms with Crippen LogP contribution in [0.5, 0.6) is 5.75 Å². The van der Waals surface area contributed by atoms with Crippen molar-refractivity contribution in [1.29, 1.82) is 5.26 Å². The third kappa shape index (κ3) is 21.5. The SMILES string of the molecule is COCCOCCNC(=O)C(CCCCNC(=O)CN1CCN(CC(=O)O)CCN(CC(=O)O)CCN(CC(=O)O)CC1)NC(=O)COc1ccc2nccc(C(=O)NCC(=O)N3CC(F)(F)C[C@H]3C#N)c2c1. The van der Waals surface area contributed by atoms with Crippen LogP contribution in [0, 0.1) is 11.3 Å². The number of carbonyl (C=O) groups excluding carboxylic acids is 5. The van der Waals surface area contributed by atoms with Crippen molar-refractivity contribution in [3.63, 3.8) is 0 Å².